The molecule has 0 radical (unpaired) electrons. The Morgan fingerprint density at radius 3 is 2.78 bits per heavy atom. The molecule has 1 amide bonds. The van der Waals surface area contributed by atoms with E-state index in [1.807, 2.05) is 36.7 Å². The van der Waals surface area contributed by atoms with Crippen LogP contribution in [-0.2, 0) is 11.3 Å². The molecule has 0 spiro atoms. The van der Waals surface area contributed by atoms with Gasteiger partial charge in [0.15, 0.2) is 0 Å². The normalized spacial score (nSPS) is 11.3. The third kappa shape index (κ3) is 4.69. The van der Waals surface area contributed by atoms with Crippen molar-refractivity contribution < 1.29 is 4.79 Å². The molecule has 0 aliphatic carbocycles. The molecule has 2 aromatic heterocycles. The van der Waals surface area contributed by atoms with Crippen LogP contribution in [-0.4, -0.2) is 31.6 Å². The number of aryl methyl sites for hydroxylation is 3. The monoisotopic (exact) mass is 365 g/mol. The summed E-state index contributed by atoms with van der Waals surface area (Å²) >= 11 is 0. The van der Waals surface area contributed by atoms with E-state index in [0.29, 0.717) is 17.4 Å². The Morgan fingerprint density at radius 1 is 1.19 bits per heavy atom. The SMILES string of the molecule is Cc1cc2ncn(/C=C/C(=O)NCCCCn3ccnc3)c(=O)c2cc1C. The molecule has 0 aliphatic heterocycles. The van der Waals surface area contributed by atoms with Crippen molar-refractivity contribution >= 4 is 23.0 Å². The number of carbonyl (C=O) groups is 1. The molecule has 0 aliphatic rings. The molecule has 2 heterocycles. The second-order valence-corrected chi connectivity index (χ2v) is 6.52. The quantitative estimate of drug-likeness (QED) is 0.514. The third-order valence-electron chi connectivity index (χ3n) is 4.49. The number of aromatic nitrogens is 4. The molecule has 3 rings (SSSR count). The van der Waals surface area contributed by atoms with Crippen LogP contribution < -0.4 is 10.9 Å². The number of unbranched alkanes of at least 4 members (excludes halogenated alkanes) is 1. The van der Waals surface area contributed by atoms with Gasteiger partial charge in [-0.25, -0.2) is 9.97 Å². The first-order valence-corrected chi connectivity index (χ1v) is 8.94. The van der Waals surface area contributed by atoms with Gasteiger partial charge in [-0.05, 0) is 49.9 Å². The average Bonchev–Trinajstić information content (AvgIpc) is 3.16. The maximum Gasteiger partial charge on any atom is 0.265 e. The highest BCUT2D eigenvalue weighted by Crippen LogP contribution is 2.14. The van der Waals surface area contributed by atoms with Crippen molar-refractivity contribution in [2.45, 2.75) is 33.2 Å². The fourth-order valence-corrected chi connectivity index (χ4v) is 2.76. The molecule has 7 heteroatoms. The molecule has 7 nitrogen and oxygen atoms in total. The van der Waals surface area contributed by atoms with Crippen molar-refractivity contribution in [3.8, 4) is 0 Å². The first-order chi connectivity index (χ1) is 13.0. The zero-order valence-electron chi connectivity index (χ0n) is 15.6. The van der Waals surface area contributed by atoms with E-state index < -0.39 is 0 Å². The van der Waals surface area contributed by atoms with Crippen molar-refractivity contribution in [2.75, 3.05) is 6.54 Å². The fourth-order valence-electron chi connectivity index (χ4n) is 2.76. The summed E-state index contributed by atoms with van der Waals surface area (Å²) in [4.78, 5) is 32.8. The Balaban J connectivity index is 1.55. The van der Waals surface area contributed by atoms with Gasteiger partial charge >= 0.3 is 0 Å². The minimum Gasteiger partial charge on any atom is -0.353 e. The lowest BCUT2D eigenvalue weighted by atomic mass is 10.1. The van der Waals surface area contributed by atoms with Crippen molar-refractivity contribution in [1.29, 1.82) is 0 Å². The van der Waals surface area contributed by atoms with Crippen molar-refractivity contribution in [3.05, 3.63) is 64.7 Å². The molecule has 0 saturated carbocycles. The van der Waals surface area contributed by atoms with Gasteiger partial charge in [-0.2, -0.15) is 0 Å². The molecule has 0 saturated heterocycles. The number of hydrogen-bond acceptors (Lipinski definition) is 4. The van der Waals surface area contributed by atoms with Gasteiger partial charge in [0, 0.05) is 37.8 Å². The summed E-state index contributed by atoms with van der Waals surface area (Å²) in [5.74, 6) is -0.232. The highest BCUT2D eigenvalue weighted by molar-refractivity contribution is 5.90. The van der Waals surface area contributed by atoms with Crippen LogP contribution in [0.3, 0.4) is 0 Å². The summed E-state index contributed by atoms with van der Waals surface area (Å²) in [6.45, 7) is 5.41. The molecular formula is C20H23N5O2. The van der Waals surface area contributed by atoms with Crippen LogP contribution in [0.4, 0.5) is 0 Å². The van der Waals surface area contributed by atoms with Crippen LogP contribution in [0.1, 0.15) is 24.0 Å². The summed E-state index contributed by atoms with van der Waals surface area (Å²) in [5.41, 5.74) is 2.61. The summed E-state index contributed by atoms with van der Waals surface area (Å²) in [7, 11) is 0. The van der Waals surface area contributed by atoms with E-state index in [1.165, 1.54) is 23.2 Å². The van der Waals surface area contributed by atoms with Crippen LogP contribution in [0.25, 0.3) is 17.1 Å². The Hall–Kier alpha value is -3.22. The van der Waals surface area contributed by atoms with Gasteiger partial charge in [-0.1, -0.05) is 0 Å². The Morgan fingerprint density at radius 2 is 2.00 bits per heavy atom. The molecule has 1 aromatic carbocycles. The number of amides is 1. The van der Waals surface area contributed by atoms with Gasteiger partial charge in [-0.3, -0.25) is 14.2 Å². The topological polar surface area (TPSA) is 81.8 Å². The van der Waals surface area contributed by atoms with Crippen molar-refractivity contribution in [3.63, 3.8) is 0 Å². The Labute approximate surface area is 157 Å². The largest absolute Gasteiger partial charge is 0.353 e. The predicted molar refractivity (Wildman–Crippen MR) is 105 cm³/mol. The number of hydrogen-bond donors (Lipinski definition) is 1. The van der Waals surface area contributed by atoms with Gasteiger partial charge in [0.25, 0.3) is 5.56 Å². The summed E-state index contributed by atoms with van der Waals surface area (Å²) < 4.78 is 3.33. The van der Waals surface area contributed by atoms with Gasteiger partial charge in [-0.15, -0.1) is 0 Å². The van der Waals surface area contributed by atoms with E-state index in [2.05, 4.69) is 15.3 Å². The van der Waals surface area contributed by atoms with Gasteiger partial charge < -0.3 is 9.88 Å². The van der Waals surface area contributed by atoms with Crippen LogP contribution in [0, 0.1) is 13.8 Å². The molecule has 1 N–H and O–H groups in total. The van der Waals surface area contributed by atoms with Crippen LogP contribution in [0.2, 0.25) is 0 Å². The third-order valence-corrected chi connectivity index (χ3v) is 4.49. The number of nitrogens with one attached hydrogen (secondary N) is 1. The molecule has 0 unspecified atom stereocenters. The number of imidazole rings is 1. The molecule has 140 valence electrons. The van der Waals surface area contributed by atoms with Gasteiger partial charge in [0.05, 0.1) is 17.2 Å². The van der Waals surface area contributed by atoms with Crippen LogP contribution in [0.5, 0.6) is 0 Å². The predicted octanol–water partition coefficient (Wildman–Crippen LogP) is 2.28. The number of benzene rings is 1. The minimum absolute atomic E-state index is 0.188. The number of nitrogens with zero attached hydrogens (tertiary/aromatic N) is 4. The number of fused-ring (bicyclic) bond motifs is 1. The maximum absolute atomic E-state index is 12.5. The Bertz CT molecular complexity index is 1020. The Kier molecular flexibility index (Phi) is 5.80. The lowest BCUT2D eigenvalue weighted by molar-refractivity contribution is -0.116. The van der Waals surface area contributed by atoms with Crippen molar-refractivity contribution in [1.82, 2.24) is 24.4 Å². The second-order valence-electron chi connectivity index (χ2n) is 6.52. The summed E-state index contributed by atoms with van der Waals surface area (Å²) in [6, 6.07) is 3.74. The van der Waals surface area contributed by atoms with Crippen LogP contribution >= 0.6 is 0 Å². The first-order valence-electron chi connectivity index (χ1n) is 8.94. The second kappa shape index (κ2) is 8.44. The van der Waals surface area contributed by atoms with Gasteiger partial charge in [0.2, 0.25) is 5.91 Å². The van der Waals surface area contributed by atoms with E-state index in [9.17, 15) is 9.59 Å². The maximum atomic E-state index is 12.5. The zero-order valence-corrected chi connectivity index (χ0v) is 15.6. The fraction of sp³-hybridized carbons (Fsp3) is 0.300. The lowest BCUT2D eigenvalue weighted by Gasteiger charge is -2.05. The first kappa shape index (κ1) is 18.6. The number of carbonyl (C=O) groups excluding carboxylic acids is 1. The number of rotatable bonds is 7. The summed E-state index contributed by atoms with van der Waals surface area (Å²) in [5, 5.41) is 3.37. The molecule has 0 atom stereocenters. The molecule has 0 bridgehead atoms. The standard InChI is InChI=1S/C20H23N5O2/c1-15-11-17-18(12-16(15)2)23-14-25(20(17)27)9-5-19(26)22-6-3-4-8-24-10-7-21-13-24/h5,7,9-14H,3-4,6,8H2,1-2H3,(H,22,26)/b9-5+. The smallest absolute Gasteiger partial charge is 0.265 e. The van der Waals surface area contributed by atoms with E-state index in [4.69, 9.17) is 0 Å². The van der Waals surface area contributed by atoms with Gasteiger partial charge in [0.1, 0.15) is 6.33 Å². The van der Waals surface area contributed by atoms with E-state index in [0.717, 1.165) is 30.5 Å². The van der Waals surface area contributed by atoms with E-state index in [-0.39, 0.29) is 11.5 Å². The van der Waals surface area contributed by atoms with E-state index in [1.54, 1.807) is 12.5 Å². The average molecular weight is 365 g/mol. The molecular weight excluding hydrogens is 342 g/mol. The lowest BCUT2D eigenvalue weighted by Crippen LogP contribution is -2.23. The molecule has 0 fully saturated rings. The highest BCUT2D eigenvalue weighted by Gasteiger charge is 2.05. The molecule has 3 aromatic rings. The minimum atomic E-state index is -0.232. The summed E-state index contributed by atoms with van der Waals surface area (Å²) in [6.07, 6.45) is 11.5. The zero-order chi connectivity index (χ0) is 19.2. The van der Waals surface area contributed by atoms with Crippen molar-refractivity contribution in [2.24, 2.45) is 0 Å². The van der Waals surface area contributed by atoms with Crippen LogP contribution in [0.15, 0.2) is 48.1 Å². The highest BCUT2D eigenvalue weighted by atomic mass is 16.1. The van der Waals surface area contributed by atoms with E-state index >= 15 is 0 Å². The molecule has 27 heavy (non-hydrogen) atoms.